The molecule has 2 N–H and O–H groups in total. The Hall–Kier alpha value is -0.840. The van der Waals surface area contributed by atoms with Crippen molar-refractivity contribution in [2.75, 3.05) is 6.61 Å². The van der Waals surface area contributed by atoms with Gasteiger partial charge in [0.25, 0.3) is 5.91 Å². The van der Waals surface area contributed by atoms with E-state index in [1.54, 1.807) is 6.07 Å². The molecular formula is C13H16Cl2N2O2. The number of aliphatic hydroxyl groups excluding tert-OH is 1. The normalized spacial score (nSPS) is 23.1. The molecule has 2 rings (SSSR count). The number of carbonyl (C=O) groups excluding carboxylic acids is 1. The highest BCUT2D eigenvalue weighted by atomic mass is 35.5. The minimum absolute atomic E-state index is 0.0249. The van der Waals surface area contributed by atoms with Crippen LogP contribution in [-0.2, 0) is 0 Å². The molecule has 19 heavy (non-hydrogen) atoms. The number of halogens is 2. The van der Waals surface area contributed by atoms with Gasteiger partial charge >= 0.3 is 0 Å². The van der Waals surface area contributed by atoms with E-state index in [9.17, 15) is 9.90 Å². The first kappa shape index (κ1) is 14.6. The van der Waals surface area contributed by atoms with Crippen molar-refractivity contribution in [2.45, 2.75) is 31.7 Å². The number of rotatable bonds is 3. The second-order valence-corrected chi connectivity index (χ2v) is 5.57. The Labute approximate surface area is 122 Å². The van der Waals surface area contributed by atoms with Crippen molar-refractivity contribution in [3.63, 3.8) is 0 Å². The van der Waals surface area contributed by atoms with Crippen molar-refractivity contribution in [3.8, 4) is 0 Å². The SMILES string of the molecule is O=C(NC1CCCCC1CO)c1nc(Cl)ccc1Cl. The monoisotopic (exact) mass is 302 g/mol. The Kier molecular flexibility index (Phi) is 5.02. The summed E-state index contributed by atoms with van der Waals surface area (Å²) in [5.74, 6) is -0.228. The summed E-state index contributed by atoms with van der Waals surface area (Å²) in [5, 5.41) is 12.7. The van der Waals surface area contributed by atoms with Gasteiger partial charge < -0.3 is 10.4 Å². The minimum Gasteiger partial charge on any atom is -0.396 e. The lowest BCUT2D eigenvalue weighted by atomic mass is 9.85. The van der Waals surface area contributed by atoms with Crippen LogP contribution >= 0.6 is 23.2 Å². The number of carbonyl (C=O) groups is 1. The standard InChI is InChI=1S/C13H16Cl2N2O2/c14-9-5-6-11(15)17-12(9)13(19)16-10-4-2-1-3-8(10)7-18/h5-6,8,10,18H,1-4,7H2,(H,16,19). The fourth-order valence-electron chi connectivity index (χ4n) is 2.43. The van der Waals surface area contributed by atoms with Crippen LogP contribution in [0.5, 0.6) is 0 Å². The quantitative estimate of drug-likeness (QED) is 0.844. The number of nitrogens with zero attached hydrogens (tertiary/aromatic N) is 1. The summed E-state index contributed by atoms with van der Waals surface area (Å²) in [7, 11) is 0. The zero-order valence-electron chi connectivity index (χ0n) is 10.4. The average molecular weight is 303 g/mol. The molecule has 0 aromatic carbocycles. The van der Waals surface area contributed by atoms with E-state index in [2.05, 4.69) is 10.3 Å². The van der Waals surface area contributed by atoms with Crippen molar-refractivity contribution >= 4 is 29.1 Å². The summed E-state index contributed by atoms with van der Waals surface area (Å²) >= 11 is 11.7. The van der Waals surface area contributed by atoms with Crippen molar-refractivity contribution in [1.29, 1.82) is 0 Å². The third-order valence-electron chi connectivity index (χ3n) is 3.49. The summed E-state index contributed by atoms with van der Waals surface area (Å²) in [6.45, 7) is 0.0850. The van der Waals surface area contributed by atoms with E-state index in [0.29, 0.717) is 0 Å². The predicted molar refractivity (Wildman–Crippen MR) is 74.6 cm³/mol. The Morgan fingerprint density at radius 1 is 1.37 bits per heavy atom. The molecule has 2 atom stereocenters. The first-order chi connectivity index (χ1) is 9.11. The summed E-state index contributed by atoms with van der Waals surface area (Å²) < 4.78 is 0. The van der Waals surface area contributed by atoms with Crippen molar-refractivity contribution in [3.05, 3.63) is 28.0 Å². The zero-order chi connectivity index (χ0) is 13.8. The van der Waals surface area contributed by atoms with Gasteiger partial charge in [0.05, 0.1) is 5.02 Å². The van der Waals surface area contributed by atoms with E-state index < -0.39 is 0 Å². The lowest BCUT2D eigenvalue weighted by molar-refractivity contribution is 0.0868. The number of pyridine rings is 1. The second kappa shape index (κ2) is 6.55. The van der Waals surface area contributed by atoms with Crippen LogP contribution in [-0.4, -0.2) is 28.6 Å². The highest BCUT2D eigenvalue weighted by molar-refractivity contribution is 6.34. The maximum Gasteiger partial charge on any atom is 0.271 e. The maximum absolute atomic E-state index is 12.1. The highest BCUT2D eigenvalue weighted by Gasteiger charge is 2.27. The molecule has 4 nitrogen and oxygen atoms in total. The average Bonchev–Trinajstić information content (AvgIpc) is 2.42. The maximum atomic E-state index is 12.1. The van der Waals surface area contributed by atoms with E-state index in [1.165, 1.54) is 6.07 Å². The number of aromatic nitrogens is 1. The number of hydrogen-bond donors (Lipinski definition) is 2. The predicted octanol–water partition coefficient (Wildman–Crippen LogP) is 2.67. The van der Waals surface area contributed by atoms with Crippen LogP contribution in [0.4, 0.5) is 0 Å². The molecule has 1 aliphatic rings. The lowest BCUT2D eigenvalue weighted by Crippen LogP contribution is -2.43. The zero-order valence-corrected chi connectivity index (χ0v) is 11.9. The van der Waals surface area contributed by atoms with Gasteiger partial charge in [-0.1, -0.05) is 36.0 Å². The Bertz CT molecular complexity index is 468. The van der Waals surface area contributed by atoms with E-state index in [4.69, 9.17) is 23.2 Å². The molecule has 1 fully saturated rings. The van der Waals surface area contributed by atoms with Gasteiger partial charge in [0.1, 0.15) is 10.8 Å². The van der Waals surface area contributed by atoms with Gasteiger partial charge in [-0.05, 0) is 25.0 Å². The van der Waals surface area contributed by atoms with Crippen LogP contribution in [0.25, 0.3) is 0 Å². The number of nitrogens with one attached hydrogen (secondary N) is 1. The molecule has 1 saturated carbocycles. The van der Waals surface area contributed by atoms with Crippen LogP contribution in [0.15, 0.2) is 12.1 Å². The molecule has 6 heteroatoms. The number of amides is 1. The van der Waals surface area contributed by atoms with E-state index >= 15 is 0 Å². The molecule has 0 radical (unpaired) electrons. The van der Waals surface area contributed by atoms with Crippen LogP contribution in [0.2, 0.25) is 10.2 Å². The van der Waals surface area contributed by atoms with Gasteiger partial charge in [0.15, 0.2) is 0 Å². The minimum atomic E-state index is -0.335. The lowest BCUT2D eigenvalue weighted by Gasteiger charge is -2.30. The highest BCUT2D eigenvalue weighted by Crippen LogP contribution is 2.25. The Morgan fingerprint density at radius 3 is 2.84 bits per heavy atom. The fourth-order valence-corrected chi connectivity index (χ4v) is 2.77. The van der Waals surface area contributed by atoms with Crippen LogP contribution in [0, 0.1) is 5.92 Å². The summed E-state index contributed by atoms with van der Waals surface area (Å²) in [6.07, 6.45) is 3.94. The molecule has 104 valence electrons. The van der Waals surface area contributed by atoms with Crippen molar-refractivity contribution < 1.29 is 9.90 Å². The van der Waals surface area contributed by atoms with Crippen LogP contribution in [0.3, 0.4) is 0 Å². The molecule has 1 aliphatic carbocycles. The molecule has 2 unspecified atom stereocenters. The Morgan fingerprint density at radius 2 is 2.11 bits per heavy atom. The largest absolute Gasteiger partial charge is 0.396 e. The first-order valence-electron chi connectivity index (χ1n) is 6.35. The number of hydrogen-bond acceptors (Lipinski definition) is 3. The second-order valence-electron chi connectivity index (χ2n) is 4.77. The van der Waals surface area contributed by atoms with E-state index in [0.717, 1.165) is 25.7 Å². The third-order valence-corrected chi connectivity index (χ3v) is 4.00. The van der Waals surface area contributed by atoms with Crippen LogP contribution in [0.1, 0.15) is 36.2 Å². The fraction of sp³-hybridized carbons (Fsp3) is 0.538. The van der Waals surface area contributed by atoms with Gasteiger partial charge in [-0.25, -0.2) is 4.98 Å². The smallest absolute Gasteiger partial charge is 0.271 e. The number of aliphatic hydroxyl groups is 1. The topological polar surface area (TPSA) is 62.2 Å². The molecule has 1 aromatic rings. The van der Waals surface area contributed by atoms with Crippen molar-refractivity contribution in [2.24, 2.45) is 5.92 Å². The molecule has 1 heterocycles. The molecular weight excluding hydrogens is 287 g/mol. The molecule has 0 saturated heterocycles. The third kappa shape index (κ3) is 3.59. The van der Waals surface area contributed by atoms with Gasteiger partial charge in [-0.15, -0.1) is 0 Å². The van der Waals surface area contributed by atoms with E-state index in [1.807, 2.05) is 0 Å². The van der Waals surface area contributed by atoms with E-state index in [-0.39, 0.29) is 40.3 Å². The summed E-state index contributed by atoms with van der Waals surface area (Å²) in [6, 6.07) is 3.07. The Balaban J connectivity index is 2.09. The van der Waals surface area contributed by atoms with Gasteiger partial charge in [-0.2, -0.15) is 0 Å². The molecule has 0 spiro atoms. The van der Waals surface area contributed by atoms with Gasteiger partial charge in [-0.3, -0.25) is 4.79 Å². The first-order valence-corrected chi connectivity index (χ1v) is 7.11. The molecule has 1 aromatic heterocycles. The van der Waals surface area contributed by atoms with Crippen molar-refractivity contribution in [1.82, 2.24) is 10.3 Å². The van der Waals surface area contributed by atoms with Crippen LogP contribution < -0.4 is 5.32 Å². The molecule has 1 amide bonds. The summed E-state index contributed by atoms with van der Waals surface area (Å²) in [4.78, 5) is 16.1. The molecule has 0 aliphatic heterocycles. The van der Waals surface area contributed by atoms with Gasteiger partial charge in [0.2, 0.25) is 0 Å². The summed E-state index contributed by atoms with van der Waals surface area (Å²) in [5.41, 5.74) is 0.136. The molecule has 0 bridgehead atoms. The van der Waals surface area contributed by atoms with Gasteiger partial charge in [0, 0.05) is 18.6 Å².